The summed E-state index contributed by atoms with van der Waals surface area (Å²) in [6.07, 6.45) is 1.69. The van der Waals surface area contributed by atoms with Gasteiger partial charge < -0.3 is 10.9 Å². The number of amidine groups is 1. The third-order valence-corrected chi connectivity index (χ3v) is 3.13. The van der Waals surface area contributed by atoms with E-state index in [1.807, 2.05) is 36.4 Å². The molecule has 3 N–H and O–H groups in total. The summed E-state index contributed by atoms with van der Waals surface area (Å²) in [6.45, 7) is 1.80. The van der Waals surface area contributed by atoms with E-state index in [0.717, 1.165) is 11.3 Å². The highest BCUT2D eigenvalue weighted by Gasteiger charge is 2.16. The lowest BCUT2D eigenvalue weighted by Gasteiger charge is -2.04. The highest BCUT2D eigenvalue weighted by Crippen LogP contribution is 2.22. The maximum absolute atomic E-state index is 8.87. The Labute approximate surface area is 115 Å². The smallest absolute Gasteiger partial charge is 0.175 e. The van der Waals surface area contributed by atoms with Crippen LogP contribution in [0.15, 0.2) is 47.8 Å². The minimum Gasteiger partial charge on any atom is -0.409 e. The number of fused-ring (bicyclic) bond motifs is 1. The molecule has 0 aliphatic carbocycles. The third kappa shape index (κ3) is 1.78. The molecule has 0 saturated heterocycles. The topological polar surface area (TPSA) is 88.8 Å². The first kappa shape index (κ1) is 12.2. The Balaban J connectivity index is 2.33. The van der Waals surface area contributed by atoms with Gasteiger partial charge in [0.2, 0.25) is 0 Å². The van der Waals surface area contributed by atoms with Gasteiger partial charge in [0, 0.05) is 11.8 Å². The summed E-state index contributed by atoms with van der Waals surface area (Å²) in [5, 5.41) is 16.4. The molecule has 2 heterocycles. The molecule has 0 fully saturated rings. The summed E-state index contributed by atoms with van der Waals surface area (Å²) >= 11 is 0. The molecular formula is C14H13N5O. The van der Waals surface area contributed by atoms with Crippen molar-refractivity contribution in [1.82, 2.24) is 14.6 Å². The van der Waals surface area contributed by atoms with Crippen molar-refractivity contribution in [1.29, 1.82) is 0 Å². The van der Waals surface area contributed by atoms with Crippen LogP contribution in [0.3, 0.4) is 0 Å². The van der Waals surface area contributed by atoms with Gasteiger partial charge >= 0.3 is 0 Å². The molecule has 0 radical (unpaired) electrons. The number of benzene rings is 1. The van der Waals surface area contributed by atoms with Gasteiger partial charge in [-0.25, -0.2) is 9.50 Å². The molecule has 0 saturated carbocycles. The van der Waals surface area contributed by atoms with Gasteiger partial charge in [-0.1, -0.05) is 35.5 Å². The minimum absolute atomic E-state index is 0.00946. The van der Waals surface area contributed by atoms with Crippen LogP contribution < -0.4 is 5.73 Å². The Kier molecular flexibility index (Phi) is 2.83. The van der Waals surface area contributed by atoms with Crippen molar-refractivity contribution in [2.24, 2.45) is 10.9 Å². The van der Waals surface area contributed by atoms with Gasteiger partial charge in [0.15, 0.2) is 11.5 Å². The normalized spacial score (nSPS) is 11.9. The number of oxime groups is 1. The van der Waals surface area contributed by atoms with Crippen molar-refractivity contribution in [3.05, 3.63) is 53.9 Å². The van der Waals surface area contributed by atoms with Gasteiger partial charge in [-0.3, -0.25) is 0 Å². The van der Waals surface area contributed by atoms with Crippen LogP contribution in [0, 0.1) is 6.92 Å². The number of rotatable bonds is 2. The molecule has 0 unspecified atom stereocenters. The van der Waals surface area contributed by atoms with Gasteiger partial charge in [-0.15, -0.1) is 0 Å². The molecule has 0 amide bonds. The first-order chi connectivity index (χ1) is 9.72. The summed E-state index contributed by atoms with van der Waals surface area (Å²) in [6, 6.07) is 11.7. The molecule has 3 aromatic rings. The van der Waals surface area contributed by atoms with E-state index in [1.165, 1.54) is 0 Å². The zero-order valence-electron chi connectivity index (χ0n) is 10.9. The van der Waals surface area contributed by atoms with Crippen LogP contribution in [-0.4, -0.2) is 25.6 Å². The summed E-state index contributed by atoms with van der Waals surface area (Å²) in [4.78, 5) is 4.29. The molecule has 6 heteroatoms. The Morgan fingerprint density at radius 1 is 1.25 bits per heavy atom. The molecule has 3 rings (SSSR count). The van der Waals surface area contributed by atoms with E-state index < -0.39 is 0 Å². The zero-order valence-corrected chi connectivity index (χ0v) is 10.9. The van der Waals surface area contributed by atoms with E-state index in [1.54, 1.807) is 17.6 Å². The quantitative estimate of drug-likeness (QED) is 0.321. The van der Waals surface area contributed by atoms with Crippen molar-refractivity contribution < 1.29 is 5.21 Å². The van der Waals surface area contributed by atoms with Crippen molar-refractivity contribution in [3.63, 3.8) is 0 Å². The van der Waals surface area contributed by atoms with E-state index in [4.69, 9.17) is 10.9 Å². The van der Waals surface area contributed by atoms with Crippen LogP contribution in [0.5, 0.6) is 0 Å². The van der Waals surface area contributed by atoms with Gasteiger partial charge in [0.05, 0.1) is 17.0 Å². The van der Waals surface area contributed by atoms with E-state index in [2.05, 4.69) is 15.2 Å². The fourth-order valence-corrected chi connectivity index (χ4v) is 2.23. The molecule has 0 aliphatic rings. The number of nitrogens with two attached hydrogens (primary N) is 1. The highest BCUT2D eigenvalue weighted by atomic mass is 16.4. The first-order valence-electron chi connectivity index (χ1n) is 6.10. The van der Waals surface area contributed by atoms with Crippen LogP contribution in [0.4, 0.5) is 0 Å². The number of aryl methyl sites for hydroxylation is 1. The fourth-order valence-electron chi connectivity index (χ4n) is 2.23. The number of hydrogen-bond acceptors (Lipinski definition) is 4. The Morgan fingerprint density at radius 2 is 2.00 bits per heavy atom. The van der Waals surface area contributed by atoms with Crippen LogP contribution in [0.2, 0.25) is 0 Å². The molecule has 2 aromatic heterocycles. The van der Waals surface area contributed by atoms with Gasteiger partial charge in [0.1, 0.15) is 0 Å². The van der Waals surface area contributed by atoms with Gasteiger partial charge in [0.25, 0.3) is 0 Å². The minimum atomic E-state index is 0.00946. The maximum atomic E-state index is 8.87. The van der Waals surface area contributed by atoms with E-state index in [0.29, 0.717) is 16.9 Å². The lowest BCUT2D eigenvalue weighted by Crippen LogP contribution is -2.14. The van der Waals surface area contributed by atoms with Gasteiger partial charge in [-0.05, 0) is 13.0 Å². The van der Waals surface area contributed by atoms with Crippen molar-refractivity contribution in [2.45, 2.75) is 6.92 Å². The molecule has 0 atom stereocenters. The SMILES string of the molecule is Cc1nn2c(-c3ccccc3)ccnc2c1/C(N)=N/O. The van der Waals surface area contributed by atoms with Crippen LogP contribution >= 0.6 is 0 Å². The number of hydrogen-bond donors (Lipinski definition) is 2. The highest BCUT2D eigenvalue weighted by molar-refractivity contribution is 6.03. The Hall–Kier alpha value is -2.89. The second-order valence-electron chi connectivity index (χ2n) is 4.38. The van der Waals surface area contributed by atoms with Crippen molar-refractivity contribution >= 4 is 11.5 Å². The summed E-state index contributed by atoms with van der Waals surface area (Å²) in [5.74, 6) is 0.00946. The predicted molar refractivity (Wildman–Crippen MR) is 75.7 cm³/mol. The van der Waals surface area contributed by atoms with Gasteiger partial charge in [-0.2, -0.15) is 5.10 Å². The molecule has 0 aliphatic heterocycles. The van der Waals surface area contributed by atoms with Crippen LogP contribution in [-0.2, 0) is 0 Å². The molecule has 20 heavy (non-hydrogen) atoms. The summed E-state index contributed by atoms with van der Waals surface area (Å²) in [5.41, 5.74) is 9.40. The molecular weight excluding hydrogens is 254 g/mol. The molecule has 1 aromatic carbocycles. The summed E-state index contributed by atoms with van der Waals surface area (Å²) < 4.78 is 1.71. The Bertz CT molecular complexity index is 792. The first-order valence-corrected chi connectivity index (χ1v) is 6.10. The van der Waals surface area contributed by atoms with E-state index >= 15 is 0 Å². The van der Waals surface area contributed by atoms with Crippen LogP contribution in [0.1, 0.15) is 11.3 Å². The van der Waals surface area contributed by atoms with Crippen LogP contribution in [0.25, 0.3) is 16.9 Å². The van der Waals surface area contributed by atoms with Crippen molar-refractivity contribution in [2.75, 3.05) is 0 Å². The predicted octanol–water partition coefficient (Wildman–Crippen LogP) is 1.80. The lowest BCUT2D eigenvalue weighted by molar-refractivity contribution is 0.318. The lowest BCUT2D eigenvalue weighted by atomic mass is 10.1. The second-order valence-corrected chi connectivity index (χ2v) is 4.38. The molecule has 6 nitrogen and oxygen atoms in total. The second kappa shape index (κ2) is 4.65. The average Bonchev–Trinajstić information content (AvgIpc) is 2.83. The average molecular weight is 267 g/mol. The molecule has 100 valence electrons. The molecule has 0 bridgehead atoms. The Morgan fingerprint density at radius 3 is 2.70 bits per heavy atom. The van der Waals surface area contributed by atoms with Crippen molar-refractivity contribution in [3.8, 4) is 11.3 Å². The monoisotopic (exact) mass is 267 g/mol. The number of aromatic nitrogens is 3. The standard InChI is InChI=1S/C14H13N5O/c1-9-12(13(15)18-20)14-16-8-7-11(19(14)17-9)10-5-3-2-4-6-10/h2-8,20H,1H3,(H2,15,18). The summed E-state index contributed by atoms with van der Waals surface area (Å²) in [7, 11) is 0. The van der Waals surface area contributed by atoms with E-state index in [9.17, 15) is 0 Å². The largest absolute Gasteiger partial charge is 0.409 e. The van der Waals surface area contributed by atoms with E-state index in [-0.39, 0.29) is 5.84 Å². The third-order valence-electron chi connectivity index (χ3n) is 3.13. The zero-order chi connectivity index (χ0) is 14.1. The number of nitrogens with zero attached hydrogens (tertiary/aromatic N) is 4. The maximum Gasteiger partial charge on any atom is 0.175 e. The fraction of sp³-hybridized carbons (Fsp3) is 0.0714. The molecule has 0 spiro atoms.